The van der Waals surface area contributed by atoms with E-state index in [-0.39, 0.29) is 11.1 Å². The minimum absolute atomic E-state index is 0.228. The molecule has 0 aliphatic carbocycles. The van der Waals surface area contributed by atoms with Crippen molar-refractivity contribution in [1.29, 1.82) is 5.26 Å². The molecular formula is C33H29N3O6S. The predicted octanol–water partition coefficient (Wildman–Crippen LogP) is 4.27. The second kappa shape index (κ2) is 13.2. The molecule has 1 aliphatic heterocycles. The molecule has 43 heavy (non-hydrogen) atoms. The van der Waals surface area contributed by atoms with Gasteiger partial charge in [0.15, 0.2) is 16.3 Å². The van der Waals surface area contributed by atoms with Gasteiger partial charge in [-0.15, -0.1) is 0 Å². The Labute approximate surface area is 252 Å². The summed E-state index contributed by atoms with van der Waals surface area (Å²) < 4.78 is 24.5. The Morgan fingerprint density at radius 2 is 1.79 bits per heavy atom. The summed E-state index contributed by atoms with van der Waals surface area (Å²) >= 11 is 1.23. The lowest BCUT2D eigenvalue weighted by molar-refractivity contribution is -0.136. The molecule has 0 unspecified atom stereocenters. The number of fused-ring (bicyclic) bond motifs is 1. The van der Waals surface area contributed by atoms with E-state index in [9.17, 15) is 9.59 Å². The van der Waals surface area contributed by atoms with Crippen molar-refractivity contribution in [2.45, 2.75) is 26.5 Å². The van der Waals surface area contributed by atoms with Crippen LogP contribution in [0, 0.1) is 11.3 Å². The Hall–Kier alpha value is -5.14. The number of nitrogens with zero attached hydrogens (tertiary/aromatic N) is 3. The lowest BCUT2D eigenvalue weighted by atomic mass is 9.97. The number of carbonyl (C=O) groups excluding carboxylic acids is 1. The van der Waals surface area contributed by atoms with Crippen LogP contribution in [-0.2, 0) is 16.1 Å². The first kappa shape index (κ1) is 29.4. The van der Waals surface area contributed by atoms with Crippen LogP contribution in [0.25, 0.3) is 6.08 Å². The SMILES string of the molecule is CCOc1ccc([C@H]2C(C(=O)OC)=CN=c3s/c(=C/c4cccc(OCc5ccc(C#N)cc5)c4)c(=O)n32)cc1OCC. The number of benzene rings is 3. The van der Waals surface area contributed by atoms with Crippen LogP contribution in [0.5, 0.6) is 17.2 Å². The highest BCUT2D eigenvalue weighted by atomic mass is 32.1. The Balaban J connectivity index is 1.51. The number of rotatable bonds is 10. The van der Waals surface area contributed by atoms with Crippen LogP contribution in [0.3, 0.4) is 0 Å². The van der Waals surface area contributed by atoms with Gasteiger partial charge in [-0.1, -0.05) is 41.7 Å². The van der Waals surface area contributed by atoms with Gasteiger partial charge in [-0.3, -0.25) is 9.36 Å². The molecule has 0 bridgehead atoms. The molecule has 1 atom stereocenters. The number of aromatic nitrogens is 1. The van der Waals surface area contributed by atoms with Crippen molar-refractivity contribution in [1.82, 2.24) is 4.57 Å². The number of hydrogen-bond acceptors (Lipinski definition) is 9. The number of carbonyl (C=O) groups is 1. The summed E-state index contributed by atoms with van der Waals surface area (Å²) in [6.45, 7) is 4.97. The van der Waals surface area contributed by atoms with Crippen molar-refractivity contribution < 1.29 is 23.7 Å². The zero-order valence-corrected chi connectivity index (χ0v) is 24.7. The van der Waals surface area contributed by atoms with Crippen LogP contribution in [0.2, 0.25) is 0 Å². The predicted molar refractivity (Wildman–Crippen MR) is 162 cm³/mol. The van der Waals surface area contributed by atoms with Crippen LogP contribution in [0.4, 0.5) is 0 Å². The van der Waals surface area contributed by atoms with Crippen molar-refractivity contribution in [3.05, 3.63) is 120 Å². The summed E-state index contributed by atoms with van der Waals surface area (Å²) in [5, 5.41) is 8.99. The molecule has 0 saturated heterocycles. The Kier molecular flexibility index (Phi) is 9.03. The Morgan fingerprint density at radius 1 is 1.02 bits per heavy atom. The highest BCUT2D eigenvalue weighted by Crippen LogP contribution is 2.35. The molecule has 4 aromatic rings. The molecule has 2 heterocycles. The fraction of sp³-hybridized carbons (Fsp3) is 0.212. The minimum atomic E-state index is -0.775. The van der Waals surface area contributed by atoms with Gasteiger partial charge >= 0.3 is 5.97 Å². The average Bonchev–Trinajstić information content (AvgIpc) is 3.35. The monoisotopic (exact) mass is 595 g/mol. The van der Waals surface area contributed by atoms with Crippen molar-refractivity contribution in [3.8, 4) is 23.3 Å². The summed E-state index contributed by atoms with van der Waals surface area (Å²) in [4.78, 5) is 31.6. The molecule has 0 amide bonds. The maximum Gasteiger partial charge on any atom is 0.337 e. The van der Waals surface area contributed by atoms with Gasteiger partial charge in [-0.05, 0) is 73.0 Å². The highest BCUT2D eigenvalue weighted by molar-refractivity contribution is 7.07. The van der Waals surface area contributed by atoms with Crippen LogP contribution >= 0.6 is 11.3 Å². The van der Waals surface area contributed by atoms with Gasteiger partial charge in [0.1, 0.15) is 12.4 Å². The van der Waals surface area contributed by atoms with Gasteiger partial charge in [-0.2, -0.15) is 5.26 Å². The molecule has 0 fully saturated rings. The molecule has 1 aliphatic rings. The van der Waals surface area contributed by atoms with E-state index < -0.39 is 12.0 Å². The summed E-state index contributed by atoms with van der Waals surface area (Å²) in [6, 6.07) is 21.3. The van der Waals surface area contributed by atoms with E-state index in [1.54, 1.807) is 30.3 Å². The van der Waals surface area contributed by atoms with E-state index in [1.807, 2.05) is 56.3 Å². The lowest BCUT2D eigenvalue weighted by Crippen LogP contribution is -2.39. The van der Waals surface area contributed by atoms with Gasteiger partial charge < -0.3 is 18.9 Å². The Morgan fingerprint density at radius 3 is 2.51 bits per heavy atom. The van der Waals surface area contributed by atoms with Crippen LogP contribution < -0.4 is 29.1 Å². The first-order valence-corrected chi connectivity index (χ1v) is 14.5. The van der Waals surface area contributed by atoms with E-state index >= 15 is 0 Å². The number of ether oxygens (including phenoxy) is 4. The topological polar surface area (TPSA) is 112 Å². The summed E-state index contributed by atoms with van der Waals surface area (Å²) in [5.41, 5.74) is 2.88. The van der Waals surface area contributed by atoms with Gasteiger partial charge in [0.25, 0.3) is 5.56 Å². The number of methoxy groups -OCH3 is 1. The molecule has 5 rings (SSSR count). The van der Waals surface area contributed by atoms with E-state index in [4.69, 9.17) is 24.2 Å². The van der Waals surface area contributed by atoms with E-state index in [0.717, 1.165) is 11.1 Å². The smallest absolute Gasteiger partial charge is 0.337 e. The van der Waals surface area contributed by atoms with Crippen molar-refractivity contribution in [3.63, 3.8) is 0 Å². The van der Waals surface area contributed by atoms with Gasteiger partial charge in [-0.25, -0.2) is 9.79 Å². The molecule has 3 aromatic carbocycles. The number of thiazole rings is 1. The van der Waals surface area contributed by atoms with E-state index in [2.05, 4.69) is 11.1 Å². The maximum atomic E-state index is 13.9. The average molecular weight is 596 g/mol. The van der Waals surface area contributed by atoms with E-state index in [1.165, 1.54) is 29.2 Å². The zero-order valence-electron chi connectivity index (χ0n) is 23.9. The van der Waals surface area contributed by atoms with Gasteiger partial charge in [0.2, 0.25) is 0 Å². The standard InChI is InChI=1S/C33H29N3O6S/c1-4-40-27-14-13-24(17-28(27)41-5-2)30-26(32(38)39-3)19-35-33-36(30)31(37)29(43-33)16-23-7-6-8-25(15-23)42-20-22-11-9-21(18-34)10-12-22/h6-17,19,30H,4-5,20H2,1-3H3/b29-16+/t30-/m0/s1. The third kappa shape index (κ3) is 6.37. The molecule has 218 valence electrons. The molecule has 9 nitrogen and oxygen atoms in total. The fourth-order valence-corrected chi connectivity index (χ4v) is 5.64. The van der Waals surface area contributed by atoms with Crippen molar-refractivity contribution in [2.24, 2.45) is 4.99 Å². The van der Waals surface area contributed by atoms with Gasteiger partial charge in [0, 0.05) is 6.20 Å². The lowest BCUT2D eigenvalue weighted by Gasteiger charge is -2.23. The number of esters is 1. The van der Waals surface area contributed by atoms with Crippen LogP contribution in [0.1, 0.15) is 42.1 Å². The largest absolute Gasteiger partial charge is 0.490 e. The third-order valence-electron chi connectivity index (χ3n) is 6.65. The third-order valence-corrected chi connectivity index (χ3v) is 7.65. The molecule has 0 N–H and O–H groups in total. The quantitative estimate of drug-likeness (QED) is 0.252. The number of nitriles is 1. The summed E-state index contributed by atoms with van der Waals surface area (Å²) in [5.74, 6) is 1.14. The van der Waals surface area contributed by atoms with Crippen LogP contribution in [0.15, 0.2) is 88.3 Å². The minimum Gasteiger partial charge on any atom is -0.490 e. The second-order valence-corrected chi connectivity index (χ2v) is 10.4. The van der Waals surface area contributed by atoms with Crippen molar-refractivity contribution in [2.75, 3.05) is 20.3 Å². The van der Waals surface area contributed by atoms with Gasteiger partial charge in [0.05, 0.1) is 48.1 Å². The maximum absolute atomic E-state index is 13.9. The highest BCUT2D eigenvalue weighted by Gasteiger charge is 2.31. The second-order valence-electron chi connectivity index (χ2n) is 9.42. The summed E-state index contributed by atoms with van der Waals surface area (Å²) in [6.07, 6.45) is 3.24. The molecule has 10 heteroatoms. The molecular weight excluding hydrogens is 566 g/mol. The van der Waals surface area contributed by atoms with Crippen LogP contribution in [-0.4, -0.2) is 30.9 Å². The first-order chi connectivity index (χ1) is 20.9. The summed E-state index contributed by atoms with van der Waals surface area (Å²) in [7, 11) is 1.30. The van der Waals surface area contributed by atoms with Crippen molar-refractivity contribution >= 4 is 23.4 Å². The molecule has 0 saturated carbocycles. The molecule has 0 radical (unpaired) electrons. The van der Waals surface area contributed by atoms with E-state index in [0.29, 0.717) is 57.5 Å². The molecule has 1 aromatic heterocycles. The first-order valence-electron chi connectivity index (χ1n) is 13.7. The fourth-order valence-electron chi connectivity index (χ4n) is 4.67. The normalized spacial score (nSPS) is 14.1. The Bertz CT molecular complexity index is 1900. The number of hydrogen-bond donors (Lipinski definition) is 0. The zero-order chi connectivity index (χ0) is 30.3. The molecule has 0 spiro atoms.